The zero-order valence-electron chi connectivity index (χ0n) is 14.4. The molecule has 2 amide bonds. The van der Waals surface area contributed by atoms with Gasteiger partial charge in [-0.05, 0) is 49.4 Å². The van der Waals surface area contributed by atoms with E-state index in [1.165, 1.54) is 0 Å². The molecule has 4 rings (SSSR count). The molecule has 134 valence electrons. The van der Waals surface area contributed by atoms with Crippen LogP contribution in [0.15, 0.2) is 53.2 Å². The number of benzene rings is 1. The average Bonchev–Trinajstić information content (AvgIpc) is 3.26. The second-order valence-corrected chi connectivity index (χ2v) is 5.86. The van der Waals surface area contributed by atoms with Crippen molar-refractivity contribution in [1.82, 2.24) is 20.3 Å². The summed E-state index contributed by atoms with van der Waals surface area (Å²) < 4.78 is 4.91. The van der Waals surface area contributed by atoms with E-state index in [4.69, 9.17) is 4.52 Å². The van der Waals surface area contributed by atoms with E-state index in [-0.39, 0.29) is 0 Å². The molecule has 27 heavy (non-hydrogen) atoms. The molecule has 0 spiro atoms. The lowest BCUT2D eigenvalue weighted by Gasteiger charge is -2.05. The van der Waals surface area contributed by atoms with Gasteiger partial charge in [-0.3, -0.25) is 15.4 Å². The van der Waals surface area contributed by atoms with Gasteiger partial charge in [0.2, 0.25) is 0 Å². The first-order valence-corrected chi connectivity index (χ1v) is 8.26. The second-order valence-electron chi connectivity index (χ2n) is 5.86. The molecule has 0 unspecified atom stereocenters. The van der Waals surface area contributed by atoms with Crippen molar-refractivity contribution >= 4 is 40.6 Å². The Kier molecular flexibility index (Phi) is 4.36. The number of rotatable bonds is 4. The maximum absolute atomic E-state index is 12.0. The van der Waals surface area contributed by atoms with Crippen LogP contribution in [0.3, 0.4) is 0 Å². The first-order valence-electron chi connectivity index (χ1n) is 8.26. The van der Waals surface area contributed by atoms with Gasteiger partial charge in [0, 0.05) is 23.3 Å². The number of aromatic nitrogens is 4. The van der Waals surface area contributed by atoms with Crippen molar-refractivity contribution < 1.29 is 9.32 Å². The summed E-state index contributed by atoms with van der Waals surface area (Å²) in [4.78, 5) is 16.3. The third-order valence-corrected chi connectivity index (χ3v) is 3.82. The van der Waals surface area contributed by atoms with Gasteiger partial charge in [-0.15, -0.1) is 0 Å². The molecule has 4 aromatic rings. The van der Waals surface area contributed by atoms with Crippen LogP contribution in [0.4, 0.5) is 16.3 Å². The maximum Gasteiger partial charge on any atom is 0.324 e. The van der Waals surface area contributed by atoms with Gasteiger partial charge in [0.05, 0.1) is 16.9 Å². The van der Waals surface area contributed by atoms with Gasteiger partial charge in [0.1, 0.15) is 5.76 Å². The minimum absolute atomic E-state index is 0.356. The minimum atomic E-state index is -0.405. The van der Waals surface area contributed by atoms with Crippen LogP contribution in [0.2, 0.25) is 0 Å². The summed E-state index contributed by atoms with van der Waals surface area (Å²) in [6.07, 6.45) is 5.54. The molecule has 8 heteroatoms. The topological polar surface area (TPSA) is 109 Å². The lowest BCUT2D eigenvalue weighted by molar-refractivity contribution is 0.262. The number of urea groups is 1. The van der Waals surface area contributed by atoms with Gasteiger partial charge in [0.25, 0.3) is 0 Å². The van der Waals surface area contributed by atoms with Gasteiger partial charge in [0.15, 0.2) is 5.82 Å². The second kappa shape index (κ2) is 7.12. The van der Waals surface area contributed by atoms with E-state index in [2.05, 4.69) is 31.0 Å². The summed E-state index contributed by atoms with van der Waals surface area (Å²) in [6.45, 7) is 1.75. The van der Waals surface area contributed by atoms with E-state index in [0.717, 1.165) is 22.3 Å². The normalized spacial score (nSPS) is 11.1. The van der Waals surface area contributed by atoms with E-state index >= 15 is 0 Å². The molecule has 3 N–H and O–H groups in total. The standard InChI is InChI=1S/C19H16N6O2/c1-12-10-18(25-27-12)22-19(26)21-14-5-7-15-16(23-24-17(15)11-14)8-6-13-4-2-3-9-20-13/h2-11H,1H3,(H,23,24)(H2,21,22,25,26)/b8-6+. The number of H-pyrrole nitrogens is 1. The Morgan fingerprint density at radius 3 is 2.85 bits per heavy atom. The molecule has 0 saturated carbocycles. The molecule has 0 atom stereocenters. The molecule has 0 fully saturated rings. The molecule has 0 saturated heterocycles. The number of aromatic amines is 1. The molecule has 3 heterocycles. The quantitative estimate of drug-likeness (QED) is 0.508. The number of carbonyl (C=O) groups is 1. The molecule has 1 aromatic carbocycles. The number of hydrogen-bond donors (Lipinski definition) is 3. The highest BCUT2D eigenvalue weighted by molar-refractivity contribution is 6.01. The van der Waals surface area contributed by atoms with Gasteiger partial charge in [-0.25, -0.2) is 4.79 Å². The van der Waals surface area contributed by atoms with Gasteiger partial charge in [-0.1, -0.05) is 11.2 Å². The third kappa shape index (κ3) is 3.84. The van der Waals surface area contributed by atoms with Crippen LogP contribution in [0, 0.1) is 6.92 Å². The Balaban J connectivity index is 1.48. The molecule has 0 radical (unpaired) electrons. The van der Waals surface area contributed by atoms with Crippen molar-refractivity contribution in [2.24, 2.45) is 0 Å². The summed E-state index contributed by atoms with van der Waals surface area (Å²) >= 11 is 0. The van der Waals surface area contributed by atoms with Crippen molar-refractivity contribution in [3.63, 3.8) is 0 Å². The average molecular weight is 360 g/mol. The van der Waals surface area contributed by atoms with Crippen LogP contribution in [0.25, 0.3) is 23.1 Å². The highest BCUT2D eigenvalue weighted by Gasteiger charge is 2.08. The summed E-state index contributed by atoms with van der Waals surface area (Å²) in [5, 5.41) is 17.3. The largest absolute Gasteiger partial charge is 0.360 e. The number of anilines is 2. The number of aryl methyl sites for hydroxylation is 1. The fourth-order valence-corrected chi connectivity index (χ4v) is 2.59. The first kappa shape index (κ1) is 16.5. The SMILES string of the molecule is Cc1cc(NC(=O)Nc2ccc3c(/C=C/c4ccccn4)n[nH]c3c2)no1. The monoisotopic (exact) mass is 360 g/mol. The Labute approximate surface area is 154 Å². The predicted octanol–water partition coefficient (Wildman–Crippen LogP) is 4.07. The van der Waals surface area contributed by atoms with Crippen LogP contribution in [-0.2, 0) is 0 Å². The van der Waals surface area contributed by atoms with Crippen LogP contribution in [0.5, 0.6) is 0 Å². The molecule has 0 aliphatic carbocycles. The molecule has 3 aromatic heterocycles. The number of carbonyl (C=O) groups excluding carboxylic acids is 1. The van der Waals surface area contributed by atoms with E-state index in [1.54, 1.807) is 19.2 Å². The molecular weight excluding hydrogens is 344 g/mol. The molecule has 8 nitrogen and oxygen atoms in total. The summed E-state index contributed by atoms with van der Waals surface area (Å²) in [6, 6.07) is 12.5. The number of fused-ring (bicyclic) bond motifs is 1. The highest BCUT2D eigenvalue weighted by atomic mass is 16.5. The van der Waals surface area contributed by atoms with Crippen LogP contribution < -0.4 is 10.6 Å². The summed E-state index contributed by atoms with van der Waals surface area (Å²) in [5.41, 5.74) is 3.09. The lowest BCUT2D eigenvalue weighted by atomic mass is 10.1. The Hall–Kier alpha value is -3.94. The summed E-state index contributed by atoms with van der Waals surface area (Å²) in [7, 11) is 0. The van der Waals surface area contributed by atoms with Crippen molar-refractivity contribution in [1.29, 1.82) is 0 Å². The minimum Gasteiger partial charge on any atom is -0.360 e. The van der Waals surface area contributed by atoms with Crippen LogP contribution >= 0.6 is 0 Å². The number of nitrogens with one attached hydrogen (secondary N) is 3. The smallest absolute Gasteiger partial charge is 0.324 e. The number of pyridine rings is 1. The lowest BCUT2D eigenvalue weighted by Crippen LogP contribution is -2.19. The maximum atomic E-state index is 12.0. The Bertz CT molecular complexity index is 1110. The molecule has 0 aliphatic heterocycles. The first-order chi connectivity index (χ1) is 13.2. The third-order valence-electron chi connectivity index (χ3n) is 3.82. The fraction of sp³-hybridized carbons (Fsp3) is 0.0526. The number of amides is 2. The summed E-state index contributed by atoms with van der Waals surface area (Å²) in [5.74, 6) is 0.977. The number of hydrogen-bond acceptors (Lipinski definition) is 5. The molecular formula is C19H16N6O2. The molecule has 0 aliphatic rings. The Morgan fingerprint density at radius 1 is 1.15 bits per heavy atom. The van der Waals surface area contributed by atoms with Gasteiger partial charge >= 0.3 is 6.03 Å². The van der Waals surface area contributed by atoms with Crippen molar-refractivity contribution in [3.05, 3.63) is 65.8 Å². The van der Waals surface area contributed by atoms with E-state index < -0.39 is 6.03 Å². The Morgan fingerprint density at radius 2 is 2.07 bits per heavy atom. The zero-order valence-corrected chi connectivity index (χ0v) is 14.4. The highest BCUT2D eigenvalue weighted by Crippen LogP contribution is 2.22. The van der Waals surface area contributed by atoms with Crippen molar-refractivity contribution in [2.45, 2.75) is 6.92 Å². The number of nitrogens with zero attached hydrogens (tertiary/aromatic N) is 3. The predicted molar refractivity (Wildman–Crippen MR) is 103 cm³/mol. The fourth-order valence-electron chi connectivity index (χ4n) is 2.59. The van der Waals surface area contributed by atoms with E-state index in [1.807, 2.05) is 48.6 Å². The zero-order chi connectivity index (χ0) is 18.6. The van der Waals surface area contributed by atoms with E-state index in [0.29, 0.717) is 17.3 Å². The van der Waals surface area contributed by atoms with Gasteiger partial charge in [-0.2, -0.15) is 5.10 Å². The van der Waals surface area contributed by atoms with Crippen molar-refractivity contribution in [2.75, 3.05) is 10.6 Å². The van der Waals surface area contributed by atoms with Crippen LogP contribution in [-0.4, -0.2) is 26.4 Å². The molecule has 0 bridgehead atoms. The van der Waals surface area contributed by atoms with Gasteiger partial charge < -0.3 is 9.84 Å². The van der Waals surface area contributed by atoms with E-state index in [9.17, 15) is 4.79 Å². The van der Waals surface area contributed by atoms with Crippen LogP contribution in [0.1, 0.15) is 17.1 Å². The van der Waals surface area contributed by atoms with Crippen molar-refractivity contribution in [3.8, 4) is 0 Å².